The van der Waals surface area contributed by atoms with Gasteiger partial charge in [-0.05, 0) is 48.5 Å². The lowest BCUT2D eigenvalue weighted by Crippen LogP contribution is -2.25. The highest BCUT2D eigenvalue weighted by Crippen LogP contribution is 2.55. The Labute approximate surface area is 429 Å². The first kappa shape index (κ1) is 43.8. The Morgan fingerprint density at radius 3 is 0.919 bits per heavy atom. The van der Waals surface area contributed by atoms with Crippen LogP contribution in [0.15, 0.2) is 267 Å². The van der Waals surface area contributed by atoms with Crippen molar-refractivity contribution in [2.75, 3.05) is 9.80 Å². The van der Waals surface area contributed by atoms with Crippen molar-refractivity contribution in [1.29, 1.82) is 0 Å². The van der Waals surface area contributed by atoms with E-state index in [1.807, 2.05) is 109 Å². The Hall–Kier alpha value is -10.2. The Kier molecular flexibility index (Phi) is 11.4. The highest BCUT2D eigenvalue weighted by Gasteiger charge is 2.33. The standard InChI is InChI=1S/C66H44N8/c1-7-23-45(24-8-1)53-43-56(68-64(67-53)49-31-15-5-16-32-49)51-39-40-58(52(41-51)66-70-54(46-25-9-2-10-26-46)42-55(71-66)47-27-11-3-12-28-47)73-59-35-19-21-37-61(59)74(62-38-22-20-36-60(62)73)63-44-57(48-29-13-4-14-30-48)69-65(72-63)50-33-17-6-18-34-50/h1-44H. The molecule has 0 fully saturated rings. The van der Waals surface area contributed by atoms with Gasteiger partial charge in [-0.25, -0.2) is 29.9 Å². The molecule has 8 nitrogen and oxygen atoms in total. The van der Waals surface area contributed by atoms with Gasteiger partial charge in [0.15, 0.2) is 17.5 Å². The van der Waals surface area contributed by atoms with Crippen LogP contribution in [0.2, 0.25) is 0 Å². The van der Waals surface area contributed by atoms with Gasteiger partial charge in [-0.1, -0.05) is 212 Å². The third-order valence-corrected chi connectivity index (χ3v) is 13.2. The summed E-state index contributed by atoms with van der Waals surface area (Å²) in [6, 6.07) is 91.4. The lowest BCUT2D eigenvalue weighted by molar-refractivity contribution is 1.09. The fourth-order valence-corrected chi connectivity index (χ4v) is 9.69. The summed E-state index contributed by atoms with van der Waals surface area (Å²) < 4.78 is 0. The van der Waals surface area contributed by atoms with Crippen molar-refractivity contribution in [3.63, 3.8) is 0 Å². The third-order valence-electron chi connectivity index (χ3n) is 13.2. The van der Waals surface area contributed by atoms with E-state index in [0.717, 1.165) is 107 Å². The molecule has 0 amide bonds. The van der Waals surface area contributed by atoms with Crippen LogP contribution in [-0.4, -0.2) is 29.9 Å². The van der Waals surface area contributed by atoms with Crippen LogP contribution < -0.4 is 9.80 Å². The monoisotopic (exact) mass is 948 g/mol. The lowest BCUT2D eigenvalue weighted by atomic mass is 9.99. The fourth-order valence-electron chi connectivity index (χ4n) is 9.69. The van der Waals surface area contributed by atoms with E-state index >= 15 is 0 Å². The number of nitrogens with zero attached hydrogens (tertiary/aromatic N) is 8. The fraction of sp³-hybridized carbons (Fsp3) is 0. The average Bonchev–Trinajstić information content (AvgIpc) is 3.49. The van der Waals surface area contributed by atoms with Crippen LogP contribution in [0, 0.1) is 0 Å². The zero-order chi connectivity index (χ0) is 49.2. The van der Waals surface area contributed by atoms with Crippen LogP contribution in [-0.2, 0) is 0 Å². The molecule has 4 heterocycles. The maximum absolute atomic E-state index is 5.47. The first-order chi connectivity index (χ1) is 36.7. The van der Waals surface area contributed by atoms with Crippen LogP contribution in [0.5, 0.6) is 0 Å². The summed E-state index contributed by atoms with van der Waals surface area (Å²) in [6.45, 7) is 0. The smallest absolute Gasteiger partial charge is 0.162 e. The summed E-state index contributed by atoms with van der Waals surface area (Å²) in [4.78, 5) is 36.5. The second kappa shape index (κ2) is 19.2. The van der Waals surface area contributed by atoms with E-state index < -0.39 is 0 Å². The Balaban J connectivity index is 1.05. The molecule has 0 aliphatic carbocycles. The molecule has 0 atom stereocenters. The van der Waals surface area contributed by atoms with Gasteiger partial charge in [-0.15, -0.1) is 0 Å². The molecule has 1 aliphatic rings. The Bertz CT molecular complexity index is 3730. The molecular weight excluding hydrogens is 905 g/mol. The van der Waals surface area contributed by atoms with Gasteiger partial charge < -0.3 is 4.90 Å². The van der Waals surface area contributed by atoms with E-state index in [2.05, 4.69) is 168 Å². The van der Waals surface area contributed by atoms with E-state index in [-0.39, 0.29) is 0 Å². The number of benzene rings is 9. The van der Waals surface area contributed by atoms with Crippen LogP contribution in [0.3, 0.4) is 0 Å². The predicted octanol–water partition coefficient (Wildman–Crippen LogP) is 16.6. The number of rotatable bonds is 10. The zero-order valence-electron chi connectivity index (χ0n) is 40.0. The van der Waals surface area contributed by atoms with E-state index in [4.69, 9.17) is 29.9 Å². The molecule has 0 saturated heterocycles. The average molecular weight is 949 g/mol. The minimum absolute atomic E-state index is 0.566. The van der Waals surface area contributed by atoms with Gasteiger partial charge in [0, 0.05) is 50.6 Å². The Morgan fingerprint density at radius 2 is 0.514 bits per heavy atom. The number of aromatic nitrogens is 6. The molecule has 0 saturated carbocycles. The van der Waals surface area contributed by atoms with Crippen molar-refractivity contribution < 1.29 is 0 Å². The van der Waals surface area contributed by atoms with Gasteiger partial charge in [0.25, 0.3) is 0 Å². The first-order valence-corrected chi connectivity index (χ1v) is 24.6. The second-order valence-electron chi connectivity index (χ2n) is 17.9. The third kappa shape index (κ3) is 8.42. The van der Waals surface area contributed by atoms with E-state index in [0.29, 0.717) is 17.5 Å². The van der Waals surface area contributed by atoms with Gasteiger partial charge >= 0.3 is 0 Å². The van der Waals surface area contributed by atoms with Crippen molar-refractivity contribution in [3.8, 4) is 90.5 Å². The highest BCUT2D eigenvalue weighted by molar-refractivity contribution is 6.04. The molecule has 12 aromatic rings. The summed E-state index contributed by atoms with van der Waals surface area (Å²) in [5.74, 6) is 2.58. The number of fused-ring (bicyclic) bond motifs is 2. The van der Waals surface area contributed by atoms with Crippen LogP contribution in [0.25, 0.3) is 90.5 Å². The normalized spacial score (nSPS) is 11.7. The van der Waals surface area contributed by atoms with Crippen molar-refractivity contribution in [2.24, 2.45) is 0 Å². The van der Waals surface area contributed by atoms with Crippen molar-refractivity contribution >= 4 is 34.3 Å². The lowest BCUT2D eigenvalue weighted by Gasteiger charge is -2.40. The number of hydrogen-bond donors (Lipinski definition) is 0. The largest absolute Gasteiger partial charge is 0.306 e. The van der Waals surface area contributed by atoms with E-state index in [1.165, 1.54) is 0 Å². The number of para-hydroxylation sites is 4. The molecule has 3 aromatic heterocycles. The summed E-state index contributed by atoms with van der Waals surface area (Å²) >= 11 is 0. The minimum Gasteiger partial charge on any atom is -0.306 e. The van der Waals surface area contributed by atoms with Crippen molar-refractivity contribution in [2.45, 2.75) is 0 Å². The maximum atomic E-state index is 5.47. The summed E-state index contributed by atoms with van der Waals surface area (Å²) in [7, 11) is 0. The van der Waals surface area contributed by atoms with Crippen LogP contribution >= 0.6 is 0 Å². The molecule has 8 heteroatoms. The van der Waals surface area contributed by atoms with Gasteiger partial charge in [-0.2, -0.15) is 0 Å². The Morgan fingerprint density at radius 1 is 0.203 bits per heavy atom. The minimum atomic E-state index is 0.566. The van der Waals surface area contributed by atoms with Gasteiger partial charge in [-0.3, -0.25) is 4.90 Å². The van der Waals surface area contributed by atoms with Crippen molar-refractivity contribution in [1.82, 2.24) is 29.9 Å². The van der Waals surface area contributed by atoms with E-state index in [9.17, 15) is 0 Å². The van der Waals surface area contributed by atoms with Crippen LogP contribution in [0.1, 0.15) is 0 Å². The molecular formula is C66H44N8. The molecule has 74 heavy (non-hydrogen) atoms. The van der Waals surface area contributed by atoms with E-state index in [1.54, 1.807) is 0 Å². The predicted molar refractivity (Wildman–Crippen MR) is 300 cm³/mol. The summed E-state index contributed by atoms with van der Waals surface area (Å²) in [5, 5.41) is 0. The molecule has 0 unspecified atom stereocenters. The number of anilines is 6. The molecule has 13 rings (SSSR count). The van der Waals surface area contributed by atoms with Gasteiger partial charge in [0.2, 0.25) is 0 Å². The molecule has 0 radical (unpaired) electrons. The topological polar surface area (TPSA) is 83.8 Å². The van der Waals surface area contributed by atoms with Crippen molar-refractivity contribution in [3.05, 3.63) is 267 Å². The quantitative estimate of drug-likeness (QED) is 0.134. The highest BCUT2D eigenvalue weighted by atomic mass is 15.3. The SMILES string of the molecule is c1ccc(-c2cc(-c3ccc(N4c5ccccc5N(c5cc(-c6ccccc6)nc(-c6ccccc6)n5)c5ccccc54)c(-c4nc(-c5ccccc5)cc(-c5ccccc5)n4)c3)nc(-c3ccccc3)n2)cc1. The molecule has 9 aromatic carbocycles. The molecule has 1 aliphatic heterocycles. The van der Waals surface area contributed by atoms with Crippen LogP contribution in [0.4, 0.5) is 34.3 Å². The van der Waals surface area contributed by atoms with Gasteiger partial charge in [0.1, 0.15) is 5.82 Å². The maximum Gasteiger partial charge on any atom is 0.162 e. The second-order valence-corrected chi connectivity index (χ2v) is 17.9. The summed E-state index contributed by atoms with van der Waals surface area (Å²) in [6.07, 6.45) is 0. The molecule has 0 spiro atoms. The van der Waals surface area contributed by atoms with Gasteiger partial charge in [0.05, 0.1) is 56.9 Å². The zero-order valence-corrected chi connectivity index (χ0v) is 40.0. The molecule has 0 N–H and O–H groups in total. The molecule has 0 bridgehead atoms. The number of hydrogen-bond acceptors (Lipinski definition) is 8. The molecule has 348 valence electrons. The first-order valence-electron chi connectivity index (χ1n) is 24.6. The summed E-state index contributed by atoms with van der Waals surface area (Å²) in [5.41, 5.74) is 16.2.